The van der Waals surface area contributed by atoms with Gasteiger partial charge in [0.25, 0.3) is 0 Å². The average Bonchev–Trinajstić information content (AvgIpc) is 2.95. The minimum Gasteiger partial charge on any atom is -0.359 e. The lowest BCUT2D eigenvalue weighted by atomic mass is 9.75. The van der Waals surface area contributed by atoms with Gasteiger partial charge in [0, 0.05) is 23.0 Å². The van der Waals surface area contributed by atoms with E-state index in [1.165, 1.54) is 0 Å². The van der Waals surface area contributed by atoms with Crippen molar-refractivity contribution in [3.05, 3.63) is 155 Å². The van der Waals surface area contributed by atoms with Crippen LogP contribution in [0.2, 0.25) is 0 Å². The zero-order valence-electron chi connectivity index (χ0n) is 20.6. The molecule has 3 nitrogen and oxygen atoms in total. The molecule has 1 fully saturated rings. The molecule has 4 aromatic rings. The SMILES string of the molecule is C=CCN1[C@@H](C#N)[C@@H](c2ccc(Br)cc2)[C@@H]1COC(c1ccccc1)(c1ccccc1)c1ccccc1. The minimum atomic E-state index is -0.800. The molecule has 0 radical (unpaired) electrons. The molecule has 5 rings (SSSR count). The highest BCUT2D eigenvalue weighted by atomic mass is 79.9. The molecule has 0 N–H and O–H groups in total. The van der Waals surface area contributed by atoms with Crippen molar-refractivity contribution in [1.29, 1.82) is 5.26 Å². The van der Waals surface area contributed by atoms with Gasteiger partial charge in [-0.15, -0.1) is 6.58 Å². The number of rotatable bonds is 9. The summed E-state index contributed by atoms with van der Waals surface area (Å²) < 4.78 is 8.17. The maximum absolute atomic E-state index is 10.1. The number of halogens is 1. The summed E-state index contributed by atoms with van der Waals surface area (Å²) in [5, 5.41) is 10.1. The lowest BCUT2D eigenvalue weighted by Crippen LogP contribution is -2.63. The van der Waals surface area contributed by atoms with Crippen LogP contribution in [-0.4, -0.2) is 30.1 Å². The fourth-order valence-electron chi connectivity index (χ4n) is 5.55. The van der Waals surface area contributed by atoms with Crippen LogP contribution in [0.1, 0.15) is 28.2 Å². The van der Waals surface area contributed by atoms with Crippen molar-refractivity contribution in [3.63, 3.8) is 0 Å². The summed E-state index contributed by atoms with van der Waals surface area (Å²) in [7, 11) is 0. The monoisotopic (exact) mass is 548 g/mol. The van der Waals surface area contributed by atoms with Gasteiger partial charge in [0.1, 0.15) is 11.6 Å². The summed E-state index contributed by atoms with van der Waals surface area (Å²) in [5.74, 6) is 0.0399. The zero-order valence-corrected chi connectivity index (χ0v) is 22.2. The van der Waals surface area contributed by atoms with Crippen LogP contribution in [-0.2, 0) is 10.3 Å². The average molecular weight is 550 g/mol. The first kappa shape index (κ1) is 25.2. The second kappa shape index (κ2) is 11.3. The van der Waals surface area contributed by atoms with Crippen LogP contribution in [0.5, 0.6) is 0 Å². The lowest BCUT2D eigenvalue weighted by molar-refractivity contribution is -0.0750. The first-order chi connectivity index (χ1) is 18.2. The number of ether oxygens (including phenoxy) is 1. The Balaban J connectivity index is 1.59. The van der Waals surface area contributed by atoms with E-state index in [9.17, 15) is 5.26 Å². The van der Waals surface area contributed by atoms with E-state index in [4.69, 9.17) is 4.74 Å². The Hall–Kier alpha value is -3.49. The Labute approximate surface area is 227 Å². The molecule has 0 bridgehead atoms. The first-order valence-corrected chi connectivity index (χ1v) is 13.3. The van der Waals surface area contributed by atoms with E-state index in [0.29, 0.717) is 13.2 Å². The van der Waals surface area contributed by atoms with E-state index in [2.05, 4.69) is 118 Å². The fraction of sp³-hybridized carbons (Fsp3) is 0.182. The van der Waals surface area contributed by atoms with Crippen LogP contribution in [0.15, 0.2) is 132 Å². The van der Waals surface area contributed by atoms with Gasteiger partial charge in [-0.1, -0.05) is 125 Å². The first-order valence-electron chi connectivity index (χ1n) is 12.5. The summed E-state index contributed by atoms with van der Waals surface area (Å²) in [6.07, 6.45) is 1.87. The largest absolute Gasteiger partial charge is 0.359 e. The van der Waals surface area contributed by atoms with Crippen molar-refractivity contribution in [2.75, 3.05) is 13.2 Å². The topological polar surface area (TPSA) is 36.3 Å². The van der Waals surface area contributed by atoms with E-state index in [-0.39, 0.29) is 18.0 Å². The Morgan fingerprint density at radius 2 is 1.30 bits per heavy atom. The van der Waals surface area contributed by atoms with Gasteiger partial charge in [-0.2, -0.15) is 5.26 Å². The van der Waals surface area contributed by atoms with Crippen LogP contribution in [0, 0.1) is 11.3 Å². The Kier molecular flexibility index (Phi) is 7.67. The minimum absolute atomic E-state index is 0.0272. The molecule has 0 aromatic heterocycles. The maximum atomic E-state index is 10.1. The van der Waals surface area contributed by atoms with E-state index >= 15 is 0 Å². The normalized spacial score (nSPS) is 19.5. The number of hydrogen-bond acceptors (Lipinski definition) is 3. The van der Waals surface area contributed by atoms with E-state index in [1.807, 2.05) is 36.4 Å². The number of nitriles is 1. The third-order valence-electron chi connectivity index (χ3n) is 7.28. The van der Waals surface area contributed by atoms with Gasteiger partial charge in [-0.05, 0) is 34.4 Å². The van der Waals surface area contributed by atoms with Crippen LogP contribution in [0.3, 0.4) is 0 Å². The molecular weight excluding hydrogens is 520 g/mol. The van der Waals surface area contributed by atoms with Gasteiger partial charge >= 0.3 is 0 Å². The van der Waals surface area contributed by atoms with Crippen molar-refractivity contribution < 1.29 is 4.74 Å². The van der Waals surface area contributed by atoms with Gasteiger partial charge in [0.2, 0.25) is 0 Å². The standard InChI is InChI=1S/C33H29BrN2O/c1-2-22-36-30(23-35)32(25-18-20-29(34)21-19-25)31(36)24-37-33(26-12-6-3-7-13-26,27-14-8-4-9-15-27)28-16-10-5-11-17-28/h2-21,30-32H,1,22,24H2/t30-,31-,32+/m0/s1. The summed E-state index contributed by atoms with van der Waals surface area (Å²) in [5.41, 5.74) is 3.55. The van der Waals surface area contributed by atoms with Crippen LogP contribution in [0.25, 0.3) is 0 Å². The van der Waals surface area contributed by atoms with Gasteiger partial charge in [-0.25, -0.2) is 0 Å². The molecule has 37 heavy (non-hydrogen) atoms. The van der Waals surface area contributed by atoms with Crippen LogP contribution in [0.4, 0.5) is 0 Å². The summed E-state index contributed by atoms with van der Waals surface area (Å²) >= 11 is 3.54. The Morgan fingerprint density at radius 3 is 1.73 bits per heavy atom. The Bertz CT molecular complexity index is 1250. The molecule has 1 saturated heterocycles. The summed E-state index contributed by atoms with van der Waals surface area (Å²) in [6.45, 7) is 5.03. The van der Waals surface area contributed by atoms with Crippen molar-refractivity contribution in [2.24, 2.45) is 0 Å². The molecule has 0 amide bonds. The quantitative estimate of drug-likeness (QED) is 0.162. The van der Waals surface area contributed by atoms with Gasteiger partial charge < -0.3 is 4.74 Å². The molecular formula is C33H29BrN2O. The van der Waals surface area contributed by atoms with Gasteiger partial charge in [0.05, 0.1) is 12.7 Å². The number of nitrogens with zero attached hydrogens (tertiary/aromatic N) is 2. The fourth-order valence-corrected chi connectivity index (χ4v) is 5.81. The maximum Gasteiger partial charge on any atom is 0.143 e. The van der Waals surface area contributed by atoms with Crippen LogP contribution >= 0.6 is 15.9 Å². The third kappa shape index (κ3) is 4.79. The van der Waals surface area contributed by atoms with Crippen molar-refractivity contribution in [1.82, 2.24) is 4.90 Å². The molecule has 0 saturated carbocycles. The van der Waals surface area contributed by atoms with Crippen molar-refractivity contribution >= 4 is 15.9 Å². The second-order valence-corrected chi connectivity index (χ2v) is 10.2. The second-order valence-electron chi connectivity index (χ2n) is 9.29. The highest BCUT2D eigenvalue weighted by Crippen LogP contribution is 2.45. The van der Waals surface area contributed by atoms with Crippen LogP contribution < -0.4 is 0 Å². The molecule has 0 spiro atoms. The molecule has 4 heteroatoms. The highest BCUT2D eigenvalue weighted by Gasteiger charge is 2.50. The van der Waals surface area contributed by atoms with E-state index in [1.54, 1.807) is 0 Å². The number of benzene rings is 4. The third-order valence-corrected chi connectivity index (χ3v) is 7.81. The highest BCUT2D eigenvalue weighted by molar-refractivity contribution is 9.10. The summed E-state index contributed by atoms with van der Waals surface area (Å²) in [4.78, 5) is 2.20. The predicted octanol–water partition coefficient (Wildman–Crippen LogP) is 7.30. The van der Waals surface area contributed by atoms with Crippen molar-refractivity contribution in [3.8, 4) is 6.07 Å². The molecule has 3 atom stereocenters. The molecule has 1 aliphatic rings. The van der Waals surface area contributed by atoms with Gasteiger partial charge in [0.15, 0.2) is 0 Å². The molecule has 0 aliphatic carbocycles. The lowest BCUT2D eigenvalue weighted by Gasteiger charge is -2.53. The van der Waals surface area contributed by atoms with E-state index in [0.717, 1.165) is 26.7 Å². The smallest absolute Gasteiger partial charge is 0.143 e. The molecule has 0 unspecified atom stereocenters. The molecule has 1 heterocycles. The molecule has 1 aliphatic heterocycles. The van der Waals surface area contributed by atoms with Crippen molar-refractivity contribution in [2.45, 2.75) is 23.6 Å². The zero-order chi connectivity index (χ0) is 25.7. The van der Waals surface area contributed by atoms with Gasteiger partial charge in [-0.3, -0.25) is 4.90 Å². The molecule has 184 valence electrons. The number of likely N-dealkylation sites (tertiary alicyclic amines) is 1. The predicted molar refractivity (Wildman–Crippen MR) is 152 cm³/mol. The van der Waals surface area contributed by atoms with E-state index < -0.39 is 5.60 Å². The number of hydrogen-bond donors (Lipinski definition) is 0. The summed E-state index contributed by atoms with van der Waals surface area (Å²) in [6, 6.07) is 41.9. The molecule has 4 aromatic carbocycles. The Morgan fingerprint density at radius 1 is 0.811 bits per heavy atom.